The molecule has 2 aromatic rings. The van der Waals surface area contributed by atoms with E-state index in [1.54, 1.807) is 0 Å². The van der Waals surface area contributed by atoms with Crippen molar-refractivity contribution in [2.75, 3.05) is 13.1 Å². The van der Waals surface area contributed by atoms with Crippen molar-refractivity contribution in [1.82, 2.24) is 15.2 Å². The van der Waals surface area contributed by atoms with Crippen molar-refractivity contribution in [3.63, 3.8) is 0 Å². The van der Waals surface area contributed by atoms with Crippen molar-refractivity contribution >= 4 is 46.1 Å². The maximum Gasteiger partial charge on any atom is 0.226 e. The first kappa shape index (κ1) is 17.4. The molecule has 0 aliphatic carbocycles. The highest BCUT2D eigenvalue weighted by Crippen LogP contribution is 2.32. The van der Waals surface area contributed by atoms with E-state index in [1.165, 1.54) is 22.7 Å². The number of nitrogens with one attached hydrogen (secondary N) is 1. The molecule has 1 fully saturated rings. The number of carbonyl (C=O) groups is 2. The van der Waals surface area contributed by atoms with Crippen LogP contribution in [0.3, 0.4) is 0 Å². The fraction of sp³-hybridized carbons (Fsp3) is 0.438. The summed E-state index contributed by atoms with van der Waals surface area (Å²) in [5, 5.41) is 5.79. The molecule has 2 aromatic heterocycles. The van der Waals surface area contributed by atoms with Gasteiger partial charge in [-0.1, -0.05) is 18.5 Å². The molecule has 8 heteroatoms. The monoisotopic (exact) mass is 383 g/mol. The van der Waals surface area contributed by atoms with E-state index < -0.39 is 0 Å². The molecular weight excluding hydrogens is 366 g/mol. The van der Waals surface area contributed by atoms with Crippen molar-refractivity contribution in [3.8, 4) is 9.88 Å². The zero-order valence-electron chi connectivity index (χ0n) is 13.3. The van der Waals surface area contributed by atoms with Gasteiger partial charge in [0.05, 0.1) is 21.3 Å². The molecule has 1 aliphatic rings. The van der Waals surface area contributed by atoms with E-state index in [0.717, 1.165) is 32.9 Å². The van der Waals surface area contributed by atoms with Gasteiger partial charge in [0.1, 0.15) is 5.01 Å². The van der Waals surface area contributed by atoms with Crippen LogP contribution in [0, 0.1) is 0 Å². The lowest BCUT2D eigenvalue weighted by molar-refractivity contribution is -0.130. The largest absolute Gasteiger partial charge is 0.351 e. The SMILES string of the molecule is CCC(=O)N1CCC(NC(=O)Cc2csc(-c3ccc(Cl)s3)n2)C1. The number of thiophene rings is 1. The van der Waals surface area contributed by atoms with Crippen LogP contribution in [0.1, 0.15) is 25.5 Å². The highest BCUT2D eigenvalue weighted by Gasteiger charge is 2.26. The molecule has 0 radical (unpaired) electrons. The Kier molecular flexibility index (Phi) is 5.53. The van der Waals surface area contributed by atoms with Gasteiger partial charge in [-0.15, -0.1) is 22.7 Å². The van der Waals surface area contributed by atoms with Crippen LogP contribution in [-0.2, 0) is 16.0 Å². The number of thiazole rings is 1. The molecule has 1 atom stereocenters. The first-order valence-corrected chi connectivity index (χ1v) is 9.89. The number of rotatable bonds is 5. The van der Waals surface area contributed by atoms with Crippen molar-refractivity contribution < 1.29 is 9.59 Å². The third-order valence-corrected chi connectivity index (χ3v) is 6.18. The van der Waals surface area contributed by atoms with Gasteiger partial charge in [-0.2, -0.15) is 0 Å². The predicted octanol–water partition coefficient (Wildman–Crippen LogP) is 3.19. The molecule has 1 N–H and O–H groups in total. The Hall–Kier alpha value is -1.44. The van der Waals surface area contributed by atoms with E-state index >= 15 is 0 Å². The van der Waals surface area contributed by atoms with Crippen LogP contribution < -0.4 is 5.32 Å². The van der Waals surface area contributed by atoms with Gasteiger partial charge < -0.3 is 10.2 Å². The number of halogens is 1. The summed E-state index contributed by atoms with van der Waals surface area (Å²) in [6.45, 7) is 3.18. The van der Waals surface area contributed by atoms with Crippen LogP contribution in [0.5, 0.6) is 0 Å². The first-order valence-electron chi connectivity index (χ1n) is 7.82. The quantitative estimate of drug-likeness (QED) is 0.862. The minimum atomic E-state index is -0.0492. The van der Waals surface area contributed by atoms with Crippen LogP contribution >= 0.6 is 34.3 Å². The second kappa shape index (κ2) is 7.63. The van der Waals surface area contributed by atoms with Crippen molar-refractivity contribution in [2.45, 2.75) is 32.2 Å². The lowest BCUT2D eigenvalue weighted by Gasteiger charge is -2.16. The van der Waals surface area contributed by atoms with E-state index in [-0.39, 0.29) is 24.3 Å². The predicted molar refractivity (Wildman–Crippen MR) is 97.6 cm³/mol. The average Bonchev–Trinajstić information content (AvgIpc) is 3.27. The Morgan fingerprint density at radius 1 is 1.46 bits per heavy atom. The average molecular weight is 384 g/mol. The van der Waals surface area contributed by atoms with Gasteiger partial charge in [-0.3, -0.25) is 9.59 Å². The molecule has 0 saturated carbocycles. The van der Waals surface area contributed by atoms with Gasteiger partial charge in [0, 0.05) is 30.9 Å². The number of carbonyl (C=O) groups excluding carboxylic acids is 2. The molecule has 128 valence electrons. The van der Waals surface area contributed by atoms with Crippen LogP contribution in [0.2, 0.25) is 4.34 Å². The van der Waals surface area contributed by atoms with E-state index in [9.17, 15) is 9.59 Å². The summed E-state index contributed by atoms with van der Waals surface area (Å²) in [5.74, 6) is 0.0948. The summed E-state index contributed by atoms with van der Waals surface area (Å²) >= 11 is 8.94. The summed E-state index contributed by atoms with van der Waals surface area (Å²) in [5.41, 5.74) is 0.761. The lowest BCUT2D eigenvalue weighted by Crippen LogP contribution is -2.39. The Morgan fingerprint density at radius 2 is 2.29 bits per heavy atom. The second-order valence-corrected chi connectivity index (χ2v) is 8.24. The van der Waals surface area contributed by atoms with Crippen LogP contribution in [0.4, 0.5) is 0 Å². The second-order valence-electron chi connectivity index (χ2n) is 5.67. The fourth-order valence-electron chi connectivity index (χ4n) is 2.70. The van der Waals surface area contributed by atoms with Gasteiger partial charge in [0.15, 0.2) is 0 Å². The number of amides is 2. The zero-order valence-corrected chi connectivity index (χ0v) is 15.6. The number of aromatic nitrogens is 1. The standard InChI is InChI=1S/C16H18ClN3O2S2/c1-2-15(22)20-6-5-10(8-20)18-14(21)7-11-9-23-16(19-11)12-3-4-13(17)24-12/h3-4,9-10H,2,5-8H2,1H3,(H,18,21). The number of nitrogens with zero attached hydrogens (tertiary/aromatic N) is 2. The topological polar surface area (TPSA) is 62.3 Å². The molecule has 1 aliphatic heterocycles. The van der Waals surface area contributed by atoms with Crippen LogP contribution in [0.25, 0.3) is 9.88 Å². The maximum atomic E-state index is 12.2. The van der Waals surface area contributed by atoms with E-state index in [4.69, 9.17) is 11.6 Å². The summed E-state index contributed by atoms with van der Waals surface area (Å²) in [7, 11) is 0. The van der Waals surface area contributed by atoms with Gasteiger partial charge in [0.25, 0.3) is 0 Å². The molecular formula is C16H18ClN3O2S2. The van der Waals surface area contributed by atoms with Crippen molar-refractivity contribution in [3.05, 3.63) is 27.5 Å². The normalized spacial score (nSPS) is 17.2. The summed E-state index contributed by atoms with van der Waals surface area (Å²) in [6, 6.07) is 3.83. The van der Waals surface area contributed by atoms with Gasteiger partial charge in [0.2, 0.25) is 11.8 Å². The van der Waals surface area contributed by atoms with E-state index in [1.807, 2.05) is 29.3 Å². The number of hydrogen-bond acceptors (Lipinski definition) is 5. The van der Waals surface area contributed by atoms with E-state index in [0.29, 0.717) is 13.0 Å². The molecule has 1 unspecified atom stereocenters. The highest BCUT2D eigenvalue weighted by atomic mass is 35.5. The number of likely N-dealkylation sites (tertiary alicyclic amines) is 1. The van der Waals surface area contributed by atoms with Gasteiger partial charge >= 0.3 is 0 Å². The van der Waals surface area contributed by atoms with Crippen molar-refractivity contribution in [1.29, 1.82) is 0 Å². The molecule has 3 heterocycles. The van der Waals surface area contributed by atoms with E-state index in [2.05, 4.69) is 10.3 Å². The molecule has 2 amide bonds. The minimum absolute atomic E-state index is 0.0437. The molecule has 24 heavy (non-hydrogen) atoms. The molecule has 3 rings (SSSR count). The Morgan fingerprint density at radius 3 is 3.00 bits per heavy atom. The first-order chi connectivity index (χ1) is 11.5. The lowest BCUT2D eigenvalue weighted by atomic mass is 10.2. The summed E-state index contributed by atoms with van der Waals surface area (Å²) in [4.78, 5) is 31.2. The van der Waals surface area contributed by atoms with Gasteiger partial charge in [-0.25, -0.2) is 4.98 Å². The molecule has 5 nitrogen and oxygen atoms in total. The zero-order chi connectivity index (χ0) is 17.1. The van der Waals surface area contributed by atoms with Crippen LogP contribution in [0.15, 0.2) is 17.5 Å². The maximum absolute atomic E-state index is 12.2. The molecule has 0 bridgehead atoms. The smallest absolute Gasteiger partial charge is 0.226 e. The third-order valence-electron chi connectivity index (χ3n) is 3.89. The summed E-state index contributed by atoms with van der Waals surface area (Å²) < 4.78 is 0.729. The Labute approximate surface area is 153 Å². The summed E-state index contributed by atoms with van der Waals surface area (Å²) in [6.07, 6.45) is 1.58. The molecule has 0 aromatic carbocycles. The van der Waals surface area contributed by atoms with Crippen LogP contribution in [-0.4, -0.2) is 40.8 Å². The molecule has 1 saturated heterocycles. The third kappa shape index (κ3) is 4.15. The fourth-order valence-corrected chi connectivity index (χ4v) is 4.64. The number of hydrogen-bond donors (Lipinski definition) is 1. The highest BCUT2D eigenvalue weighted by molar-refractivity contribution is 7.23. The Balaban J connectivity index is 1.53. The van der Waals surface area contributed by atoms with Crippen molar-refractivity contribution in [2.24, 2.45) is 0 Å². The van der Waals surface area contributed by atoms with Gasteiger partial charge in [-0.05, 0) is 18.6 Å². The molecule has 0 spiro atoms. The minimum Gasteiger partial charge on any atom is -0.351 e. The Bertz CT molecular complexity index is 743.